The summed E-state index contributed by atoms with van der Waals surface area (Å²) < 4.78 is 0.710. The standard InChI is InChI=1S/C19H21BrClN3O2/c20-15-9-17(18(21)22-11-15)19(26)23-10-13-1-3-14(4-2-13)12-24-7-5-16(25)6-8-24/h1-4,9,11,16,25H,5-8,10,12H2,(H,23,26). The molecule has 0 unspecified atom stereocenters. The molecule has 3 rings (SSSR count). The minimum atomic E-state index is -0.250. The van der Waals surface area contributed by atoms with E-state index < -0.39 is 0 Å². The van der Waals surface area contributed by atoms with Crippen LogP contribution < -0.4 is 5.32 Å². The maximum atomic E-state index is 12.3. The molecule has 0 radical (unpaired) electrons. The van der Waals surface area contributed by atoms with Gasteiger partial charge >= 0.3 is 0 Å². The highest BCUT2D eigenvalue weighted by atomic mass is 79.9. The number of rotatable bonds is 5. The van der Waals surface area contributed by atoms with Crippen LogP contribution in [0.5, 0.6) is 0 Å². The summed E-state index contributed by atoms with van der Waals surface area (Å²) in [6.07, 6.45) is 3.10. The first-order valence-electron chi connectivity index (χ1n) is 8.59. The van der Waals surface area contributed by atoms with Gasteiger partial charge < -0.3 is 10.4 Å². The van der Waals surface area contributed by atoms with Crippen LogP contribution in [0, 0.1) is 0 Å². The topological polar surface area (TPSA) is 65.5 Å². The Bertz CT molecular complexity index is 762. The van der Waals surface area contributed by atoms with Crippen LogP contribution in [-0.2, 0) is 13.1 Å². The molecule has 1 aromatic carbocycles. The van der Waals surface area contributed by atoms with E-state index in [1.165, 1.54) is 5.56 Å². The molecule has 5 nitrogen and oxygen atoms in total. The lowest BCUT2D eigenvalue weighted by molar-refractivity contribution is 0.0792. The van der Waals surface area contributed by atoms with Crippen molar-refractivity contribution in [3.05, 3.63) is 62.8 Å². The monoisotopic (exact) mass is 437 g/mol. The van der Waals surface area contributed by atoms with Crippen LogP contribution >= 0.6 is 27.5 Å². The zero-order chi connectivity index (χ0) is 18.5. The second kappa shape index (κ2) is 8.95. The number of hydrogen-bond donors (Lipinski definition) is 2. The van der Waals surface area contributed by atoms with E-state index in [1.54, 1.807) is 12.3 Å². The first kappa shape index (κ1) is 19.3. The summed E-state index contributed by atoms with van der Waals surface area (Å²) in [5.41, 5.74) is 2.61. The molecule has 1 saturated heterocycles. The van der Waals surface area contributed by atoms with E-state index in [1.807, 2.05) is 12.1 Å². The van der Waals surface area contributed by atoms with E-state index in [-0.39, 0.29) is 17.2 Å². The number of nitrogens with zero attached hydrogens (tertiary/aromatic N) is 2. The highest BCUT2D eigenvalue weighted by molar-refractivity contribution is 9.10. The van der Waals surface area contributed by atoms with Crippen molar-refractivity contribution >= 4 is 33.4 Å². The lowest BCUT2D eigenvalue weighted by atomic mass is 10.1. The third kappa shape index (κ3) is 5.27. The average molecular weight is 439 g/mol. The van der Waals surface area contributed by atoms with Gasteiger partial charge in [0.2, 0.25) is 0 Å². The molecule has 7 heteroatoms. The van der Waals surface area contributed by atoms with E-state index in [2.05, 4.69) is 43.3 Å². The highest BCUT2D eigenvalue weighted by Crippen LogP contribution is 2.18. The van der Waals surface area contributed by atoms with Gasteiger partial charge in [0.05, 0.1) is 11.7 Å². The number of piperidine rings is 1. The summed E-state index contributed by atoms with van der Waals surface area (Å²) in [7, 11) is 0. The van der Waals surface area contributed by atoms with Crippen molar-refractivity contribution in [2.24, 2.45) is 0 Å². The Balaban J connectivity index is 1.52. The van der Waals surface area contributed by atoms with Crippen molar-refractivity contribution in [2.75, 3.05) is 13.1 Å². The minimum Gasteiger partial charge on any atom is -0.393 e. The van der Waals surface area contributed by atoms with Gasteiger partial charge in [-0.2, -0.15) is 0 Å². The van der Waals surface area contributed by atoms with Crippen molar-refractivity contribution in [3.63, 3.8) is 0 Å². The van der Waals surface area contributed by atoms with Gasteiger partial charge in [-0.25, -0.2) is 4.98 Å². The summed E-state index contributed by atoms with van der Waals surface area (Å²) in [5, 5.41) is 12.6. The number of benzene rings is 1. The molecule has 2 heterocycles. The molecule has 1 amide bonds. The number of hydrogen-bond acceptors (Lipinski definition) is 4. The van der Waals surface area contributed by atoms with Gasteiger partial charge in [0, 0.05) is 36.8 Å². The van der Waals surface area contributed by atoms with Gasteiger partial charge in [0.1, 0.15) is 5.15 Å². The van der Waals surface area contributed by atoms with Crippen molar-refractivity contribution in [1.29, 1.82) is 0 Å². The fraction of sp³-hybridized carbons (Fsp3) is 0.368. The van der Waals surface area contributed by atoms with Crippen LogP contribution in [-0.4, -0.2) is 40.1 Å². The number of amides is 1. The Hall–Kier alpha value is -1.47. The Morgan fingerprint density at radius 1 is 1.27 bits per heavy atom. The van der Waals surface area contributed by atoms with Gasteiger partial charge in [-0.3, -0.25) is 9.69 Å². The molecule has 0 aliphatic carbocycles. The molecule has 0 spiro atoms. The number of aromatic nitrogens is 1. The van der Waals surface area contributed by atoms with Crippen molar-refractivity contribution in [1.82, 2.24) is 15.2 Å². The van der Waals surface area contributed by atoms with E-state index in [0.717, 1.165) is 38.0 Å². The Labute approximate surface area is 166 Å². The number of aliphatic hydroxyl groups is 1. The summed E-state index contributed by atoms with van der Waals surface area (Å²) >= 11 is 9.28. The lowest BCUT2D eigenvalue weighted by Crippen LogP contribution is -2.35. The fourth-order valence-electron chi connectivity index (χ4n) is 2.96. The fourth-order valence-corrected chi connectivity index (χ4v) is 3.48. The Morgan fingerprint density at radius 2 is 1.92 bits per heavy atom. The molecule has 2 N–H and O–H groups in total. The quantitative estimate of drug-likeness (QED) is 0.702. The number of pyridine rings is 1. The predicted molar refractivity (Wildman–Crippen MR) is 105 cm³/mol. The zero-order valence-electron chi connectivity index (χ0n) is 14.3. The molecule has 1 aromatic heterocycles. The van der Waals surface area contributed by atoms with Gasteiger partial charge in [-0.1, -0.05) is 35.9 Å². The predicted octanol–water partition coefficient (Wildman–Crippen LogP) is 3.38. The second-order valence-corrected chi connectivity index (χ2v) is 7.77. The van der Waals surface area contributed by atoms with Crippen LogP contribution in [0.4, 0.5) is 0 Å². The molecule has 2 aromatic rings. The maximum Gasteiger partial charge on any atom is 0.254 e. The minimum absolute atomic E-state index is 0.147. The number of halogens is 2. The zero-order valence-corrected chi connectivity index (χ0v) is 16.6. The molecule has 1 fully saturated rings. The van der Waals surface area contributed by atoms with Gasteiger partial charge in [0.25, 0.3) is 5.91 Å². The number of aliphatic hydroxyl groups excluding tert-OH is 1. The van der Waals surface area contributed by atoms with E-state index in [0.29, 0.717) is 16.6 Å². The SMILES string of the molecule is O=C(NCc1ccc(CN2CCC(O)CC2)cc1)c1cc(Br)cnc1Cl. The molecular weight excluding hydrogens is 418 g/mol. The van der Waals surface area contributed by atoms with Gasteiger partial charge in [-0.05, 0) is 46.0 Å². The number of likely N-dealkylation sites (tertiary alicyclic amines) is 1. The first-order chi connectivity index (χ1) is 12.5. The van der Waals surface area contributed by atoms with E-state index >= 15 is 0 Å². The number of nitrogens with one attached hydrogen (secondary N) is 1. The van der Waals surface area contributed by atoms with Crippen molar-refractivity contribution in [2.45, 2.75) is 32.0 Å². The summed E-state index contributed by atoms with van der Waals surface area (Å²) in [6.45, 7) is 3.18. The van der Waals surface area contributed by atoms with E-state index in [9.17, 15) is 9.90 Å². The first-order valence-corrected chi connectivity index (χ1v) is 9.76. The molecule has 1 aliphatic rings. The number of carbonyl (C=O) groups is 1. The van der Waals surface area contributed by atoms with E-state index in [4.69, 9.17) is 11.6 Å². The third-order valence-corrected chi connectivity index (χ3v) is 5.22. The largest absolute Gasteiger partial charge is 0.393 e. The van der Waals surface area contributed by atoms with Crippen LogP contribution in [0.15, 0.2) is 41.0 Å². The normalized spacial score (nSPS) is 15.8. The molecule has 1 aliphatic heterocycles. The van der Waals surface area contributed by atoms with Crippen LogP contribution in [0.25, 0.3) is 0 Å². The highest BCUT2D eigenvalue weighted by Gasteiger charge is 2.17. The molecule has 0 saturated carbocycles. The Kier molecular flexibility index (Phi) is 6.64. The molecular formula is C19H21BrClN3O2. The molecule has 0 bridgehead atoms. The summed E-state index contributed by atoms with van der Waals surface area (Å²) in [5.74, 6) is -0.250. The molecule has 0 atom stereocenters. The molecule has 26 heavy (non-hydrogen) atoms. The second-order valence-electron chi connectivity index (χ2n) is 6.50. The third-order valence-electron chi connectivity index (χ3n) is 4.49. The van der Waals surface area contributed by atoms with Crippen molar-refractivity contribution in [3.8, 4) is 0 Å². The maximum absolute atomic E-state index is 12.3. The Morgan fingerprint density at radius 3 is 2.62 bits per heavy atom. The smallest absolute Gasteiger partial charge is 0.254 e. The number of carbonyl (C=O) groups excluding carboxylic acids is 1. The molecule has 138 valence electrons. The average Bonchev–Trinajstić information content (AvgIpc) is 2.65. The summed E-state index contributed by atoms with van der Waals surface area (Å²) in [6, 6.07) is 9.87. The van der Waals surface area contributed by atoms with Crippen LogP contribution in [0.2, 0.25) is 5.15 Å². The van der Waals surface area contributed by atoms with Gasteiger partial charge in [0.15, 0.2) is 0 Å². The summed E-state index contributed by atoms with van der Waals surface area (Å²) in [4.78, 5) is 18.6. The van der Waals surface area contributed by atoms with Crippen LogP contribution in [0.3, 0.4) is 0 Å². The van der Waals surface area contributed by atoms with Crippen molar-refractivity contribution < 1.29 is 9.90 Å². The van der Waals surface area contributed by atoms with Gasteiger partial charge in [-0.15, -0.1) is 0 Å². The lowest BCUT2D eigenvalue weighted by Gasteiger charge is -2.29. The van der Waals surface area contributed by atoms with Crippen LogP contribution in [0.1, 0.15) is 34.3 Å².